The summed E-state index contributed by atoms with van der Waals surface area (Å²) in [7, 11) is -3.21. The van der Waals surface area contributed by atoms with Crippen LogP contribution >= 0.6 is 15.9 Å². The first-order valence-corrected chi connectivity index (χ1v) is 12.5. The Hall–Kier alpha value is -2.63. The fraction of sp³-hybridized carbons (Fsp3) is 0.300. The molecule has 2 N–H and O–H groups in total. The van der Waals surface area contributed by atoms with Crippen LogP contribution in [-0.4, -0.2) is 51.5 Å². The van der Waals surface area contributed by atoms with Gasteiger partial charge in [0.2, 0.25) is 16.0 Å². The first-order chi connectivity index (χ1) is 14.9. The zero-order valence-corrected chi connectivity index (χ0v) is 19.1. The fourth-order valence-corrected chi connectivity index (χ4v) is 5.28. The number of halogens is 1. The van der Waals surface area contributed by atoms with Crippen LogP contribution < -0.4 is 10.0 Å². The van der Waals surface area contributed by atoms with Gasteiger partial charge >= 0.3 is 0 Å². The minimum Gasteiger partial charge on any atom is -0.351 e. The van der Waals surface area contributed by atoms with Gasteiger partial charge in [-0.15, -0.1) is 0 Å². The van der Waals surface area contributed by atoms with Crippen LogP contribution in [0, 0.1) is 0 Å². The second kappa shape index (κ2) is 7.81. The Bertz CT molecular complexity index is 1390. The molecule has 1 saturated carbocycles. The lowest BCUT2D eigenvalue weighted by Gasteiger charge is -2.14. The van der Waals surface area contributed by atoms with Gasteiger partial charge in [-0.1, -0.05) is 6.07 Å². The first kappa shape index (κ1) is 20.3. The van der Waals surface area contributed by atoms with Gasteiger partial charge in [-0.3, -0.25) is 4.98 Å². The van der Waals surface area contributed by atoms with Gasteiger partial charge in [-0.05, 0) is 59.5 Å². The summed E-state index contributed by atoms with van der Waals surface area (Å²) >= 11 is 3.50. The van der Waals surface area contributed by atoms with Crippen molar-refractivity contribution < 1.29 is 8.42 Å². The second-order valence-electron chi connectivity index (χ2n) is 7.76. The number of pyridine rings is 1. The van der Waals surface area contributed by atoms with Gasteiger partial charge < -0.3 is 5.32 Å². The minimum atomic E-state index is -3.21. The van der Waals surface area contributed by atoms with Crippen LogP contribution in [0.3, 0.4) is 0 Å². The quantitative estimate of drug-likeness (QED) is 0.431. The van der Waals surface area contributed by atoms with Crippen LogP contribution in [0.2, 0.25) is 0 Å². The van der Waals surface area contributed by atoms with E-state index < -0.39 is 10.0 Å². The Labute approximate surface area is 187 Å². The maximum absolute atomic E-state index is 11.5. The van der Waals surface area contributed by atoms with Crippen molar-refractivity contribution in [3.8, 4) is 5.69 Å². The van der Waals surface area contributed by atoms with Crippen molar-refractivity contribution in [3.63, 3.8) is 0 Å². The molecule has 160 valence electrons. The molecule has 3 heterocycles. The molecule has 2 atom stereocenters. The van der Waals surface area contributed by atoms with E-state index >= 15 is 0 Å². The molecule has 0 amide bonds. The number of hydrogen-bond donors (Lipinski definition) is 2. The number of nitrogens with zero attached hydrogens (tertiary/aromatic N) is 5. The van der Waals surface area contributed by atoms with Crippen LogP contribution in [-0.2, 0) is 10.0 Å². The molecule has 5 rings (SSSR count). The smallest absolute Gasteiger partial charge is 0.224 e. The topological polar surface area (TPSA) is 115 Å². The number of hydrogen-bond acceptors (Lipinski definition) is 7. The van der Waals surface area contributed by atoms with Gasteiger partial charge in [-0.25, -0.2) is 22.8 Å². The highest BCUT2D eigenvalue weighted by Crippen LogP contribution is 2.27. The van der Waals surface area contributed by atoms with E-state index in [9.17, 15) is 8.42 Å². The van der Waals surface area contributed by atoms with Crippen LogP contribution in [0.25, 0.3) is 27.6 Å². The molecule has 11 heteroatoms. The van der Waals surface area contributed by atoms with Crippen LogP contribution in [0.15, 0.2) is 47.3 Å². The molecular weight excluding hydrogens is 482 g/mol. The molecule has 1 aliphatic rings. The highest BCUT2D eigenvalue weighted by molar-refractivity contribution is 9.10. The van der Waals surface area contributed by atoms with E-state index in [1.54, 1.807) is 17.1 Å². The average molecular weight is 502 g/mol. The van der Waals surface area contributed by atoms with E-state index in [0.29, 0.717) is 22.6 Å². The predicted octanol–water partition coefficient (Wildman–Crippen LogP) is 3.01. The monoisotopic (exact) mass is 501 g/mol. The summed E-state index contributed by atoms with van der Waals surface area (Å²) in [5.74, 6) is 0.494. The van der Waals surface area contributed by atoms with Crippen LogP contribution in [0.5, 0.6) is 0 Å². The summed E-state index contributed by atoms with van der Waals surface area (Å²) in [4.78, 5) is 13.5. The zero-order chi connectivity index (χ0) is 21.6. The van der Waals surface area contributed by atoms with Gasteiger partial charge in [0.1, 0.15) is 4.60 Å². The number of aromatic nitrogens is 5. The van der Waals surface area contributed by atoms with E-state index in [4.69, 9.17) is 4.98 Å². The van der Waals surface area contributed by atoms with Gasteiger partial charge in [0.15, 0.2) is 5.65 Å². The van der Waals surface area contributed by atoms with Crippen molar-refractivity contribution in [2.75, 3.05) is 11.6 Å². The highest BCUT2D eigenvalue weighted by Gasteiger charge is 2.27. The van der Waals surface area contributed by atoms with E-state index in [0.717, 1.165) is 34.8 Å². The van der Waals surface area contributed by atoms with Crippen molar-refractivity contribution in [1.82, 2.24) is 29.5 Å². The van der Waals surface area contributed by atoms with Gasteiger partial charge in [0, 0.05) is 29.9 Å². The summed E-state index contributed by atoms with van der Waals surface area (Å²) in [6.45, 7) is 0. The maximum Gasteiger partial charge on any atom is 0.224 e. The van der Waals surface area contributed by atoms with E-state index in [2.05, 4.69) is 41.0 Å². The number of benzene rings is 1. The largest absolute Gasteiger partial charge is 0.351 e. The lowest BCUT2D eigenvalue weighted by molar-refractivity contribution is 0.556. The lowest BCUT2D eigenvalue weighted by Crippen LogP contribution is -2.33. The molecule has 0 radical (unpaired) electrons. The predicted molar refractivity (Wildman–Crippen MR) is 123 cm³/mol. The normalized spacial score (nSPS) is 19.3. The number of sulfonamides is 1. The summed E-state index contributed by atoms with van der Waals surface area (Å²) < 4.78 is 28.1. The van der Waals surface area contributed by atoms with Crippen molar-refractivity contribution in [2.24, 2.45) is 0 Å². The van der Waals surface area contributed by atoms with E-state index in [1.165, 1.54) is 6.26 Å². The Morgan fingerprint density at radius 2 is 2.00 bits per heavy atom. The minimum absolute atomic E-state index is 0.0675. The SMILES string of the molecule is CS(=O)(=O)NC1CCC(Nc2ncc3c(Br)nn(-c4ccc5ncccc5c4)c3n2)C1. The second-order valence-corrected chi connectivity index (χ2v) is 10.3. The zero-order valence-electron chi connectivity index (χ0n) is 16.7. The summed E-state index contributed by atoms with van der Waals surface area (Å²) in [6, 6.07) is 9.89. The molecule has 1 aliphatic carbocycles. The number of anilines is 1. The maximum atomic E-state index is 11.5. The van der Waals surface area contributed by atoms with E-state index in [-0.39, 0.29) is 12.1 Å². The third-order valence-electron chi connectivity index (χ3n) is 5.36. The number of fused-ring (bicyclic) bond motifs is 2. The van der Waals surface area contributed by atoms with E-state index in [1.807, 2.05) is 30.3 Å². The van der Waals surface area contributed by atoms with Gasteiger partial charge in [0.05, 0.1) is 22.8 Å². The van der Waals surface area contributed by atoms with Crippen LogP contribution in [0.1, 0.15) is 19.3 Å². The lowest BCUT2D eigenvalue weighted by atomic mass is 10.2. The molecule has 9 nitrogen and oxygen atoms in total. The van der Waals surface area contributed by atoms with Gasteiger partial charge in [0.25, 0.3) is 0 Å². The highest BCUT2D eigenvalue weighted by atomic mass is 79.9. The Morgan fingerprint density at radius 3 is 2.84 bits per heavy atom. The number of nitrogens with one attached hydrogen (secondary N) is 2. The third kappa shape index (κ3) is 4.25. The Morgan fingerprint density at radius 1 is 1.16 bits per heavy atom. The molecule has 0 saturated heterocycles. The van der Waals surface area contributed by atoms with Crippen molar-refractivity contribution in [2.45, 2.75) is 31.3 Å². The molecule has 2 unspecified atom stereocenters. The molecule has 1 aromatic carbocycles. The number of rotatable bonds is 5. The molecular formula is C20H20BrN7O2S. The molecule has 4 aromatic rings. The molecule has 3 aromatic heterocycles. The van der Waals surface area contributed by atoms with Crippen molar-refractivity contribution in [1.29, 1.82) is 0 Å². The van der Waals surface area contributed by atoms with Gasteiger partial charge in [-0.2, -0.15) is 10.1 Å². The molecule has 0 aliphatic heterocycles. The third-order valence-corrected chi connectivity index (χ3v) is 6.70. The fourth-order valence-electron chi connectivity index (χ4n) is 4.02. The molecule has 31 heavy (non-hydrogen) atoms. The molecule has 1 fully saturated rings. The first-order valence-electron chi connectivity index (χ1n) is 9.86. The van der Waals surface area contributed by atoms with Crippen molar-refractivity contribution in [3.05, 3.63) is 47.3 Å². The summed E-state index contributed by atoms with van der Waals surface area (Å²) in [5, 5.41) is 9.76. The molecule has 0 bridgehead atoms. The Kier molecular flexibility index (Phi) is 5.11. The summed E-state index contributed by atoms with van der Waals surface area (Å²) in [6.07, 6.45) is 7.01. The average Bonchev–Trinajstić information content (AvgIpc) is 3.30. The summed E-state index contributed by atoms with van der Waals surface area (Å²) in [5.41, 5.74) is 2.47. The Balaban J connectivity index is 1.44. The van der Waals surface area contributed by atoms with Crippen LogP contribution in [0.4, 0.5) is 5.95 Å². The standard InChI is InChI=1S/C20H20BrN7O2S/c1-31(29,30)27-14-5-4-13(10-14)24-20-23-11-16-18(21)26-28(19(16)25-20)15-6-7-17-12(9-15)3-2-8-22-17/h2-3,6-9,11,13-14,27H,4-5,10H2,1H3,(H,23,24,25). The van der Waals surface area contributed by atoms with Crippen molar-refractivity contribution >= 4 is 53.8 Å². The molecule has 0 spiro atoms.